The van der Waals surface area contributed by atoms with Crippen LogP contribution in [0.2, 0.25) is 0 Å². The van der Waals surface area contributed by atoms with Gasteiger partial charge in [0.25, 0.3) is 0 Å². The zero-order valence-electron chi connectivity index (χ0n) is 14.4. The number of phenols is 1. The first kappa shape index (κ1) is 17.6. The third-order valence-electron chi connectivity index (χ3n) is 3.82. The van der Waals surface area contributed by atoms with Gasteiger partial charge in [0.2, 0.25) is 0 Å². The Labute approximate surface area is 151 Å². The van der Waals surface area contributed by atoms with Gasteiger partial charge in [-0.3, -0.25) is 9.67 Å². The topological polar surface area (TPSA) is 103 Å². The summed E-state index contributed by atoms with van der Waals surface area (Å²) in [6.07, 6.45) is 1.68. The largest absolute Gasteiger partial charge is 0.508 e. The van der Waals surface area contributed by atoms with Gasteiger partial charge in [0.1, 0.15) is 11.4 Å². The lowest BCUT2D eigenvalue weighted by atomic mass is 10.1. The van der Waals surface area contributed by atoms with E-state index in [9.17, 15) is 9.90 Å². The molecule has 2 heterocycles. The second-order valence-corrected chi connectivity index (χ2v) is 5.62. The summed E-state index contributed by atoms with van der Waals surface area (Å²) in [5, 5.41) is 13.9. The molecule has 0 fully saturated rings. The van der Waals surface area contributed by atoms with Gasteiger partial charge in [-0.25, -0.2) is 4.79 Å². The van der Waals surface area contributed by atoms with Crippen molar-refractivity contribution in [2.45, 2.75) is 13.5 Å². The highest BCUT2D eigenvalue weighted by Gasteiger charge is 2.17. The van der Waals surface area contributed by atoms with Gasteiger partial charge >= 0.3 is 5.97 Å². The number of ether oxygens (including phenoxy) is 1. The van der Waals surface area contributed by atoms with E-state index in [1.165, 1.54) is 0 Å². The standard InChI is InChI=1S/C19H20N4O3/c1-2-26-19(25)18-12-17(22-23(18)10-8-20)14-7-9-21-16(11-14)13-3-5-15(24)6-4-13/h3-7,9,11-12,24H,2,8,10,20H2,1H3. The summed E-state index contributed by atoms with van der Waals surface area (Å²) in [7, 11) is 0. The number of aromatic nitrogens is 3. The third-order valence-corrected chi connectivity index (χ3v) is 3.82. The monoisotopic (exact) mass is 352 g/mol. The van der Waals surface area contributed by atoms with Crippen LogP contribution in [0.25, 0.3) is 22.5 Å². The molecular weight excluding hydrogens is 332 g/mol. The molecule has 0 aliphatic carbocycles. The molecular formula is C19H20N4O3. The summed E-state index contributed by atoms with van der Waals surface area (Å²) in [6, 6.07) is 12.2. The summed E-state index contributed by atoms with van der Waals surface area (Å²) in [6.45, 7) is 2.84. The Morgan fingerprint density at radius 2 is 1.92 bits per heavy atom. The quantitative estimate of drug-likeness (QED) is 0.661. The average molecular weight is 352 g/mol. The molecule has 3 rings (SSSR count). The Kier molecular flexibility index (Phi) is 5.28. The van der Waals surface area contributed by atoms with Gasteiger partial charge in [-0.2, -0.15) is 5.10 Å². The number of carbonyl (C=O) groups is 1. The fourth-order valence-electron chi connectivity index (χ4n) is 2.60. The number of benzene rings is 1. The van der Waals surface area contributed by atoms with Crippen LogP contribution in [-0.4, -0.2) is 39.0 Å². The number of hydrogen-bond donors (Lipinski definition) is 2. The lowest BCUT2D eigenvalue weighted by Crippen LogP contribution is -2.17. The highest BCUT2D eigenvalue weighted by Crippen LogP contribution is 2.25. The maximum atomic E-state index is 12.1. The summed E-state index contributed by atoms with van der Waals surface area (Å²) in [5.74, 6) is -0.225. The molecule has 3 N–H and O–H groups in total. The Morgan fingerprint density at radius 3 is 2.62 bits per heavy atom. The number of phenolic OH excluding ortho intramolecular Hbond substituents is 1. The molecule has 0 radical (unpaired) electrons. The van der Waals surface area contributed by atoms with Gasteiger partial charge in [0, 0.05) is 23.9 Å². The predicted molar refractivity (Wildman–Crippen MR) is 97.6 cm³/mol. The normalized spacial score (nSPS) is 10.7. The van der Waals surface area contributed by atoms with E-state index < -0.39 is 5.97 Å². The zero-order chi connectivity index (χ0) is 18.5. The molecule has 0 saturated carbocycles. The van der Waals surface area contributed by atoms with E-state index in [1.54, 1.807) is 48.1 Å². The molecule has 26 heavy (non-hydrogen) atoms. The van der Waals surface area contributed by atoms with Gasteiger partial charge in [0.15, 0.2) is 0 Å². The fourth-order valence-corrected chi connectivity index (χ4v) is 2.60. The Balaban J connectivity index is 1.98. The summed E-state index contributed by atoms with van der Waals surface area (Å²) in [5.41, 5.74) is 9.07. The number of esters is 1. The van der Waals surface area contributed by atoms with Gasteiger partial charge in [-0.05, 0) is 49.4 Å². The molecule has 3 aromatic rings. The van der Waals surface area contributed by atoms with Gasteiger partial charge in [-0.15, -0.1) is 0 Å². The smallest absolute Gasteiger partial charge is 0.356 e. The molecule has 134 valence electrons. The highest BCUT2D eigenvalue weighted by atomic mass is 16.5. The first-order valence-electron chi connectivity index (χ1n) is 8.33. The van der Waals surface area contributed by atoms with E-state index >= 15 is 0 Å². The van der Waals surface area contributed by atoms with Crippen molar-refractivity contribution in [2.75, 3.05) is 13.2 Å². The van der Waals surface area contributed by atoms with E-state index in [0.29, 0.717) is 31.1 Å². The van der Waals surface area contributed by atoms with Crippen LogP contribution in [0.4, 0.5) is 0 Å². The van der Waals surface area contributed by atoms with Crippen molar-refractivity contribution >= 4 is 5.97 Å². The van der Waals surface area contributed by atoms with Crippen molar-refractivity contribution in [3.8, 4) is 28.3 Å². The first-order valence-corrected chi connectivity index (χ1v) is 8.33. The minimum absolute atomic E-state index is 0.199. The molecule has 0 bridgehead atoms. The molecule has 1 aromatic carbocycles. The van der Waals surface area contributed by atoms with Gasteiger partial charge in [-0.1, -0.05) is 0 Å². The number of hydrogen-bond acceptors (Lipinski definition) is 6. The molecule has 0 aliphatic heterocycles. The molecule has 0 amide bonds. The molecule has 7 nitrogen and oxygen atoms in total. The van der Waals surface area contributed by atoms with Crippen LogP contribution in [0.3, 0.4) is 0 Å². The Bertz CT molecular complexity index is 903. The van der Waals surface area contributed by atoms with Crippen LogP contribution in [-0.2, 0) is 11.3 Å². The number of aromatic hydroxyl groups is 1. The van der Waals surface area contributed by atoms with E-state index in [2.05, 4.69) is 10.1 Å². The minimum Gasteiger partial charge on any atom is -0.508 e. The van der Waals surface area contributed by atoms with Crippen LogP contribution < -0.4 is 5.73 Å². The lowest BCUT2D eigenvalue weighted by molar-refractivity contribution is 0.0512. The van der Waals surface area contributed by atoms with E-state index in [1.807, 2.05) is 12.1 Å². The molecule has 7 heteroatoms. The van der Waals surface area contributed by atoms with Crippen molar-refractivity contribution in [3.63, 3.8) is 0 Å². The minimum atomic E-state index is -0.424. The number of nitrogens with two attached hydrogens (primary N) is 1. The summed E-state index contributed by atoms with van der Waals surface area (Å²) < 4.78 is 6.66. The fraction of sp³-hybridized carbons (Fsp3) is 0.211. The Morgan fingerprint density at radius 1 is 1.15 bits per heavy atom. The van der Waals surface area contributed by atoms with Gasteiger partial charge in [0.05, 0.1) is 24.5 Å². The van der Waals surface area contributed by atoms with Crippen LogP contribution in [0.1, 0.15) is 17.4 Å². The summed E-state index contributed by atoms with van der Waals surface area (Å²) >= 11 is 0. The molecule has 0 atom stereocenters. The van der Waals surface area contributed by atoms with Crippen LogP contribution in [0.5, 0.6) is 5.75 Å². The molecule has 0 spiro atoms. The van der Waals surface area contributed by atoms with Crippen LogP contribution in [0.15, 0.2) is 48.7 Å². The van der Waals surface area contributed by atoms with E-state index in [-0.39, 0.29) is 5.75 Å². The second kappa shape index (κ2) is 7.79. The maximum absolute atomic E-state index is 12.1. The maximum Gasteiger partial charge on any atom is 0.356 e. The number of rotatable bonds is 6. The molecule has 2 aromatic heterocycles. The van der Waals surface area contributed by atoms with Crippen molar-refractivity contribution in [2.24, 2.45) is 5.73 Å². The molecule has 0 unspecified atom stereocenters. The lowest BCUT2D eigenvalue weighted by Gasteiger charge is -2.04. The van der Waals surface area contributed by atoms with E-state index in [4.69, 9.17) is 10.5 Å². The first-order chi connectivity index (χ1) is 12.6. The zero-order valence-corrected chi connectivity index (χ0v) is 14.4. The number of carbonyl (C=O) groups excluding carboxylic acids is 1. The number of nitrogens with zero attached hydrogens (tertiary/aromatic N) is 3. The van der Waals surface area contributed by atoms with Crippen LogP contribution in [0, 0.1) is 0 Å². The Hall–Kier alpha value is -3.19. The van der Waals surface area contributed by atoms with Crippen molar-refractivity contribution in [1.82, 2.24) is 14.8 Å². The molecule has 0 saturated heterocycles. The predicted octanol–water partition coefficient (Wildman–Crippen LogP) is 2.45. The highest BCUT2D eigenvalue weighted by molar-refractivity contribution is 5.89. The van der Waals surface area contributed by atoms with Gasteiger partial charge < -0.3 is 15.6 Å². The van der Waals surface area contributed by atoms with E-state index in [0.717, 1.165) is 16.8 Å². The van der Waals surface area contributed by atoms with Crippen molar-refractivity contribution < 1.29 is 14.6 Å². The third kappa shape index (κ3) is 3.73. The van der Waals surface area contributed by atoms with Crippen molar-refractivity contribution in [3.05, 3.63) is 54.4 Å². The van der Waals surface area contributed by atoms with Crippen LogP contribution >= 0.6 is 0 Å². The molecule has 0 aliphatic rings. The average Bonchev–Trinajstić information content (AvgIpc) is 3.07. The second-order valence-electron chi connectivity index (χ2n) is 5.62. The SMILES string of the molecule is CCOC(=O)c1cc(-c2ccnc(-c3ccc(O)cc3)c2)nn1CCN. The number of pyridine rings is 1. The summed E-state index contributed by atoms with van der Waals surface area (Å²) in [4.78, 5) is 16.5. The van der Waals surface area contributed by atoms with Crippen molar-refractivity contribution in [1.29, 1.82) is 0 Å².